The Bertz CT molecular complexity index is 1180. The van der Waals surface area contributed by atoms with E-state index in [-0.39, 0.29) is 23.5 Å². The van der Waals surface area contributed by atoms with E-state index in [1.807, 2.05) is 17.7 Å². The number of H-pyrrole nitrogens is 1. The van der Waals surface area contributed by atoms with Gasteiger partial charge in [0.2, 0.25) is 5.95 Å². The van der Waals surface area contributed by atoms with Crippen molar-refractivity contribution in [1.82, 2.24) is 29.4 Å². The van der Waals surface area contributed by atoms with Gasteiger partial charge in [-0.3, -0.25) is 9.59 Å². The number of nitrogens with one attached hydrogen (secondary N) is 2. The number of halogens is 3. The Hall–Kier alpha value is -3.90. The van der Waals surface area contributed by atoms with Crippen LogP contribution in [0.15, 0.2) is 48.0 Å². The molecular weight excluding hydrogens is 453 g/mol. The van der Waals surface area contributed by atoms with Crippen LogP contribution in [0.25, 0.3) is 0 Å². The van der Waals surface area contributed by atoms with Crippen LogP contribution in [0.1, 0.15) is 22.8 Å². The molecule has 0 aromatic carbocycles. The number of anilines is 2. The summed E-state index contributed by atoms with van der Waals surface area (Å²) in [5.74, 6) is 0.556. The molecule has 0 radical (unpaired) electrons. The molecule has 1 saturated heterocycles. The summed E-state index contributed by atoms with van der Waals surface area (Å²) < 4.78 is 39.9. The van der Waals surface area contributed by atoms with Gasteiger partial charge >= 0.3 is 6.18 Å². The lowest BCUT2D eigenvalue weighted by molar-refractivity contribution is -0.138. The Morgan fingerprint density at radius 2 is 1.88 bits per heavy atom. The van der Waals surface area contributed by atoms with E-state index in [1.165, 1.54) is 12.4 Å². The molecule has 2 N–H and O–H groups in total. The average molecular weight is 476 g/mol. The zero-order valence-corrected chi connectivity index (χ0v) is 18.3. The minimum atomic E-state index is -4.48. The Balaban J connectivity index is 1.30. The maximum atomic E-state index is 12.9. The first-order valence-corrected chi connectivity index (χ1v) is 10.6. The van der Waals surface area contributed by atoms with Crippen LogP contribution in [0.4, 0.5) is 24.9 Å². The van der Waals surface area contributed by atoms with Gasteiger partial charge in [-0.05, 0) is 13.0 Å². The largest absolute Gasteiger partial charge is 0.419 e. The lowest BCUT2D eigenvalue weighted by Crippen LogP contribution is -2.49. The molecule has 1 aliphatic heterocycles. The van der Waals surface area contributed by atoms with Crippen LogP contribution in [0, 0.1) is 0 Å². The fourth-order valence-corrected chi connectivity index (χ4v) is 3.67. The van der Waals surface area contributed by atoms with Crippen LogP contribution in [0.3, 0.4) is 0 Å². The first-order valence-electron chi connectivity index (χ1n) is 10.6. The molecule has 180 valence electrons. The zero-order chi connectivity index (χ0) is 24.3. The molecule has 0 unspecified atom stereocenters. The van der Waals surface area contributed by atoms with Gasteiger partial charge in [-0.15, -0.1) is 0 Å². The number of amides is 1. The Morgan fingerprint density at radius 1 is 1.18 bits per heavy atom. The first kappa shape index (κ1) is 23.3. The Kier molecular flexibility index (Phi) is 6.52. The molecule has 0 aliphatic carbocycles. The van der Waals surface area contributed by atoms with Crippen LogP contribution in [0.5, 0.6) is 0 Å². The first-order chi connectivity index (χ1) is 16.2. The molecule has 0 saturated carbocycles. The second-order valence-electron chi connectivity index (χ2n) is 7.99. The third kappa shape index (κ3) is 5.53. The molecule has 3 aromatic heterocycles. The van der Waals surface area contributed by atoms with Crippen molar-refractivity contribution in [1.29, 1.82) is 0 Å². The summed E-state index contributed by atoms with van der Waals surface area (Å²) in [6.07, 6.45) is 1.95. The summed E-state index contributed by atoms with van der Waals surface area (Å²) in [5.41, 5.74) is -0.600. The van der Waals surface area contributed by atoms with Crippen molar-refractivity contribution < 1.29 is 18.0 Å². The van der Waals surface area contributed by atoms with Gasteiger partial charge in [0.05, 0.1) is 17.5 Å². The minimum Gasteiger partial charge on any atom is -0.366 e. The third-order valence-electron chi connectivity index (χ3n) is 5.37. The van der Waals surface area contributed by atoms with E-state index < -0.39 is 11.7 Å². The molecule has 10 nitrogen and oxygen atoms in total. The summed E-state index contributed by atoms with van der Waals surface area (Å²) in [5, 5.41) is 3.14. The van der Waals surface area contributed by atoms with Gasteiger partial charge in [0, 0.05) is 69.6 Å². The average Bonchev–Trinajstić information content (AvgIpc) is 3.26. The Labute approximate surface area is 192 Å². The van der Waals surface area contributed by atoms with Crippen molar-refractivity contribution in [3.05, 3.63) is 64.7 Å². The van der Waals surface area contributed by atoms with Crippen molar-refractivity contribution in [3.8, 4) is 0 Å². The highest BCUT2D eigenvalue weighted by atomic mass is 19.4. The predicted molar refractivity (Wildman–Crippen MR) is 118 cm³/mol. The topological polar surface area (TPSA) is 112 Å². The molecule has 13 heteroatoms. The second kappa shape index (κ2) is 9.53. The van der Waals surface area contributed by atoms with Crippen LogP contribution < -0.4 is 15.8 Å². The number of hydrogen-bond donors (Lipinski definition) is 2. The predicted octanol–water partition coefficient (Wildman–Crippen LogP) is 1.84. The van der Waals surface area contributed by atoms with Crippen molar-refractivity contribution >= 4 is 17.7 Å². The number of carbonyl (C=O) groups is 1. The summed E-state index contributed by atoms with van der Waals surface area (Å²) in [4.78, 5) is 41.9. The van der Waals surface area contributed by atoms with Gasteiger partial charge in [0.15, 0.2) is 0 Å². The molecule has 34 heavy (non-hydrogen) atoms. The van der Waals surface area contributed by atoms with E-state index in [1.54, 1.807) is 22.1 Å². The molecule has 1 amide bonds. The molecule has 1 fully saturated rings. The Morgan fingerprint density at radius 3 is 2.53 bits per heavy atom. The van der Waals surface area contributed by atoms with Gasteiger partial charge in [-0.25, -0.2) is 15.0 Å². The number of alkyl halides is 3. The number of rotatable bonds is 6. The number of aromatic amines is 1. The van der Waals surface area contributed by atoms with Gasteiger partial charge in [0.1, 0.15) is 5.82 Å². The maximum Gasteiger partial charge on any atom is 0.419 e. The SMILES string of the molecule is C[C@@H](Cn1ccc(C(=O)N2CCN(c3ncc(C(F)(F)F)cn3)CC2)c1)Nc1cc(=O)[nH]cn1. The number of piperazine rings is 1. The fourth-order valence-electron chi connectivity index (χ4n) is 3.67. The van der Waals surface area contributed by atoms with Gasteiger partial charge in [-0.1, -0.05) is 0 Å². The fraction of sp³-hybridized carbons (Fsp3) is 0.381. The lowest BCUT2D eigenvalue weighted by atomic mass is 10.2. The van der Waals surface area contributed by atoms with Crippen LogP contribution in [0.2, 0.25) is 0 Å². The van der Waals surface area contributed by atoms with Crippen molar-refractivity contribution in [3.63, 3.8) is 0 Å². The number of nitrogens with zero attached hydrogens (tertiary/aromatic N) is 6. The van der Waals surface area contributed by atoms with Gasteiger partial charge in [0.25, 0.3) is 11.5 Å². The van der Waals surface area contributed by atoms with Crippen LogP contribution >= 0.6 is 0 Å². The van der Waals surface area contributed by atoms with Crippen LogP contribution in [-0.4, -0.2) is 67.5 Å². The molecule has 0 spiro atoms. The van der Waals surface area contributed by atoms with Gasteiger partial charge < -0.3 is 24.7 Å². The van der Waals surface area contributed by atoms with Crippen molar-refractivity contribution in [2.75, 3.05) is 36.4 Å². The molecule has 1 atom stereocenters. The molecular formula is C21H23F3N8O2. The molecule has 4 heterocycles. The van der Waals surface area contributed by atoms with E-state index in [2.05, 4.69) is 25.3 Å². The highest BCUT2D eigenvalue weighted by molar-refractivity contribution is 5.94. The standard InChI is InChI=1S/C21H23F3N8O2/c1-14(29-17-8-18(33)28-13-27-17)11-30-3-2-15(12-30)19(34)31-4-6-32(7-5-31)20-25-9-16(10-26-20)21(22,23)24/h2-3,8-10,12-14H,4-7,11H2,1H3,(H2,27,28,29,33)/t14-/m0/s1. The van der Waals surface area contributed by atoms with E-state index in [0.717, 1.165) is 12.4 Å². The minimum absolute atomic E-state index is 0.0445. The van der Waals surface area contributed by atoms with E-state index in [9.17, 15) is 22.8 Å². The highest BCUT2D eigenvalue weighted by Crippen LogP contribution is 2.28. The van der Waals surface area contributed by atoms with Crippen molar-refractivity contribution in [2.24, 2.45) is 0 Å². The summed E-state index contributed by atoms with van der Waals surface area (Å²) in [6, 6.07) is 3.07. The smallest absolute Gasteiger partial charge is 0.366 e. The summed E-state index contributed by atoms with van der Waals surface area (Å²) in [6.45, 7) is 4.14. The second-order valence-corrected chi connectivity index (χ2v) is 7.99. The van der Waals surface area contributed by atoms with E-state index in [4.69, 9.17) is 0 Å². The molecule has 1 aliphatic rings. The lowest BCUT2D eigenvalue weighted by Gasteiger charge is -2.34. The van der Waals surface area contributed by atoms with E-state index >= 15 is 0 Å². The molecule has 4 rings (SSSR count). The number of carbonyl (C=O) groups excluding carboxylic acids is 1. The van der Waals surface area contributed by atoms with Gasteiger partial charge in [-0.2, -0.15) is 13.2 Å². The van der Waals surface area contributed by atoms with E-state index in [0.29, 0.717) is 44.1 Å². The number of aromatic nitrogens is 5. The van der Waals surface area contributed by atoms with Crippen molar-refractivity contribution in [2.45, 2.75) is 25.7 Å². The number of hydrogen-bond acceptors (Lipinski definition) is 7. The normalized spacial score (nSPS) is 15.3. The quantitative estimate of drug-likeness (QED) is 0.558. The monoisotopic (exact) mass is 476 g/mol. The van der Waals surface area contributed by atoms with Crippen LogP contribution in [-0.2, 0) is 12.7 Å². The third-order valence-corrected chi connectivity index (χ3v) is 5.37. The molecule has 0 bridgehead atoms. The zero-order valence-electron chi connectivity index (χ0n) is 18.3. The molecule has 3 aromatic rings. The maximum absolute atomic E-state index is 12.9. The summed E-state index contributed by atoms with van der Waals surface area (Å²) >= 11 is 0. The summed E-state index contributed by atoms with van der Waals surface area (Å²) in [7, 11) is 0. The highest BCUT2D eigenvalue weighted by Gasteiger charge is 2.32.